The highest BCUT2D eigenvalue weighted by molar-refractivity contribution is 6.74. The molecule has 0 aromatic heterocycles. The van der Waals surface area contributed by atoms with E-state index in [0.717, 1.165) is 0 Å². The van der Waals surface area contributed by atoms with Crippen molar-refractivity contribution < 1.29 is 13.6 Å². The predicted molar refractivity (Wildman–Crippen MR) is 109 cm³/mol. The smallest absolute Gasteiger partial charge is 0.193 e. The number of ether oxygens (including phenoxy) is 1. The summed E-state index contributed by atoms with van der Waals surface area (Å²) in [6.45, 7) is 22.8. The van der Waals surface area contributed by atoms with Crippen molar-refractivity contribution >= 4 is 16.6 Å². The van der Waals surface area contributed by atoms with Gasteiger partial charge in [0.15, 0.2) is 22.7 Å². The van der Waals surface area contributed by atoms with Crippen molar-refractivity contribution in [1.29, 1.82) is 5.26 Å². The number of hydrogen-bond donors (Lipinski definition) is 0. The van der Waals surface area contributed by atoms with E-state index in [1.54, 1.807) is 6.08 Å². The summed E-state index contributed by atoms with van der Waals surface area (Å²) in [5.41, 5.74) is 0. The topological polar surface area (TPSA) is 51.5 Å². The maximum absolute atomic E-state index is 9.22. The Morgan fingerprint density at radius 2 is 1.48 bits per heavy atom. The minimum Gasteiger partial charge on any atom is -0.414 e. The van der Waals surface area contributed by atoms with Gasteiger partial charge in [-0.3, -0.25) is 0 Å². The highest BCUT2D eigenvalue weighted by atomic mass is 28.4. The molecule has 0 aromatic carbocycles. The average Bonchev–Trinajstić information content (AvgIpc) is 2.43. The van der Waals surface area contributed by atoms with Gasteiger partial charge in [-0.05, 0) is 42.3 Å². The average molecular weight is 384 g/mol. The van der Waals surface area contributed by atoms with Gasteiger partial charge in [0.05, 0.1) is 18.8 Å². The zero-order chi connectivity index (χ0) is 19.7. The predicted octanol–water partition coefficient (Wildman–Crippen LogP) is 5.25. The van der Waals surface area contributed by atoms with Gasteiger partial charge < -0.3 is 13.6 Å². The molecule has 6 heteroatoms. The Bertz CT molecular complexity index is 524. The standard InChI is InChI=1S/C19H37NO3Si2/c1-18(2,3)24(7,8)21-14-17-16(12-11-15(13-20)22-17)23-25(9,10)19(4,5)6/h11-12,15-17H,14H2,1-10H3/t15-,16+,17+/m0/s1. The summed E-state index contributed by atoms with van der Waals surface area (Å²) in [5.74, 6) is 0. The molecule has 3 atom stereocenters. The molecule has 0 saturated heterocycles. The van der Waals surface area contributed by atoms with Gasteiger partial charge in [-0.1, -0.05) is 47.6 Å². The zero-order valence-corrected chi connectivity index (χ0v) is 19.8. The third-order valence-corrected chi connectivity index (χ3v) is 14.9. The number of nitrogens with zero attached hydrogens (tertiary/aromatic N) is 1. The number of hydrogen-bond acceptors (Lipinski definition) is 4. The lowest BCUT2D eigenvalue weighted by Crippen LogP contribution is -2.51. The maximum atomic E-state index is 9.22. The molecular weight excluding hydrogens is 346 g/mol. The Morgan fingerprint density at radius 1 is 0.960 bits per heavy atom. The first-order valence-corrected chi connectivity index (χ1v) is 15.0. The molecule has 0 amide bonds. The van der Waals surface area contributed by atoms with Gasteiger partial charge in [0.25, 0.3) is 0 Å². The molecule has 1 rings (SSSR count). The monoisotopic (exact) mass is 383 g/mol. The Kier molecular flexibility index (Phi) is 6.91. The first-order chi connectivity index (χ1) is 11.1. The molecule has 0 saturated carbocycles. The molecular formula is C19H37NO3Si2. The number of rotatable bonds is 5. The summed E-state index contributed by atoms with van der Waals surface area (Å²) in [6, 6.07) is 2.18. The summed E-state index contributed by atoms with van der Waals surface area (Å²) in [4.78, 5) is 0. The van der Waals surface area contributed by atoms with E-state index in [0.29, 0.717) is 6.61 Å². The molecule has 144 valence electrons. The Morgan fingerprint density at radius 3 is 1.92 bits per heavy atom. The van der Waals surface area contributed by atoms with Crippen LogP contribution in [0.3, 0.4) is 0 Å². The van der Waals surface area contributed by atoms with Crippen molar-refractivity contribution in [2.75, 3.05) is 6.61 Å². The van der Waals surface area contributed by atoms with Gasteiger partial charge in [-0.15, -0.1) is 0 Å². The molecule has 25 heavy (non-hydrogen) atoms. The van der Waals surface area contributed by atoms with Crippen LogP contribution in [0.25, 0.3) is 0 Å². The Hall–Kier alpha value is -0.456. The van der Waals surface area contributed by atoms with Crippen LogP contribution in [0.5, 0.6) is 0 Å². The van der Waals surface area contributed by atoms with E-state index >= 15 is 0 Å². The van der Waals surface area contributed by atoms with Crippen molar-refractivity contribution in [1.82, 2.24) is 0 Å². The fourth-order valence-corrected chi connectivity index (χ4v) is 4.27. The van der Waals surface area contributed by atoms with Gasteiger partial charge in [0.1, 0.15) is 6.10 Å². The molecule has 0 radical (unpaired) electrons. The second kappa shape index (κ2) is 7.65. The molecule has 4 nitrogen and oxygen atoms in total. The van der Waals surface area contributed by atoms with Crippen LogP contribution in [-0.2, 0) is 13.6 Å². The van der Waals surface area contributed by atoms with Crippen molar-refractivity contribution in [3.05, 3.63) is 12.2 Å². The first-order valence-electron chi connectivity index (χ1n) is 9.16. The largest absolute Gasteiger partial charge is 0.414 e. The van der Waals surface area contributed by atoms with Crippen molar-refractivity contribution in [3.63, 3.8) is 0 Å². The lowest BCUT2D eigenvalue weighted by Gasteiger charge is -2.43. The summed E-state index contributed by atoms with van der Waals surface area (Å²) in [6.07, 6.45) is 2.89. The van der Waals surface area contributed by atoms with Crippen LogP contribution in [0.2, 0.25) is 36.3 Å². The zero-order valence-electron chi connectivity index (χ0n) is 17.8. The second-order valence-electron chi connectivity index (χ2n) is 10.0. The molecule has 0 bridgehead atoms. The lowest BCUT2D eigenvalue weighted by atomic mass is 10.1. The minimum atomic E-state index is -1.94. The second-order valence-corrected chi connectivity index (χ2v) is 19.6. The van der Waals surface area contributed by atoms with Gasteiger partial charge in [-0.25, -0.2) is 0 Å². The van der Waals surface area contributed by atoms with E-state index in [1.165, 1.54) is 0 Å². The molecule has 0 aliphatic carbocycles. The van der Waals surface area contributed by atoms with Gasteiger partial charge in [0.2, 0.25) is 0 Å². The summed E-state index contributed by atoms with van der Waals surface area (Å²) in [7, 11) is -3.81. The Labute approximate surface area is 156 Å². The fourth-order valence-electron chi connectivity index (χ4n) is 1.99. The fraction of sp³-hybridized carbons (Fsp3) is 0.842. The highest BCUT2D eigenvalue weighted by Gasteiger charge is 2.43. The van der Waals surface area contributed by atoms with Crippen LogP contribution in [0.15, 0.2) is 12.2 Å². The maximum Gasteiger partial charge on any atom is 0.193 e. The minimum absolute atomic E-state index is 0.123. The van der Waals surface area contributed by atoms with Crippen molar-refractivity contribution in [3.8, 4) is 6.07 Å². The molecule has 0 fully saturated rings. The van der Waals surface area contributed by atoms with E-state index in [9.17, 15) is 5.26 Å². The third kappa shape index (κ3) is 5.76. The van der Waals surface area contributed by atoms with E-state index in [-0.39, 0.29) is 22.3 Å². The first kappa shape index (κ1) is 22.6. The Balaban J connectivity index is 2.93. The lowest BCUT2D eigenvalue weighted by molar-refractivity contribution is -0.0563. The van der Waals surface area contributed by atoms with Gasteiger partial charge >= 0.3 is 0 Å². The van der Waals surface area contributed by atoms with Crippen LogP contribution in [0.4, 0.5) is 0 Å². The molecule has 0 unspecified atom stereocenters. The van der Waals surface area contributed by atoms with Crippen LogP contribution in [0, 0.1) is 11.3 Å². The van der Waals surface area contributed by atoms with Crippen molar-refractivity contribution in [2.45, 2.75) is 96.1 Å². The summed E-state index contributed by atoms with van der Waals surface area (Å²) >= 11 is 0. The van der Waals surface area contributed by atoms with E-state index in [1.807, 2.05) is 6.08 Å². The van der Waals surface area contributed by atoms with Crippen LogP contribution in [-0.4, -0.2) is 41.6 Å². The normalized spacial score (nSPS) is 25.7. The van der Waals surface area contributed by atoms with E-state index in [2.05, 4.69) is 73.8 Å². The quantitative estimate of drug-likeness (QED) is 0.481. The highest BCUT2D eigenvalue weighted by Crippen LogP contribution is 2.39. The molecule has 1 aliphatic rings. The summed E-state index contributed by atoms with van der Waals surface area (Å²) < 4.78 is 18.9. The SMILES string of the molecule is CC(C)(C)[Si](C)(C)OC[C@H]1O[C@H](C#N)C=C[C@H]1O[Si](C)(C)C(C)(C)C. The summed E-state index contributed by atoms with van der Waals surface area (Å²) in [5, 5.41) is 9.49. The third-order valence-electron chi connectivity index (χ3n) is 5.94. The van der Waals surface area contributed by atoms with Crippen LogP contribution in [0.1, 0.15) is 41.5 Å². The molecule has 0 aromatic rings. The van der Waals surface area contributed by atoms with Crippen LogP contribution < -0.4 is 0 Å². The number of nitriles is 1. The molecule has 0 N–H and O–H groups in total. The van der Waals surface area contributed by atoms with Crippen LogP contribution >= 0.6 is 0 Å². The van der Waals surface area contributed by atoms with E-state index in [4.69, 9.17) is 13.6 Å². The molecule has 1 heterocycles. The molecule has 0 spiro atoms. The van der Waals surface area contributed by atoms with Crippen molar-refractivity contribution in [2.24, 2.45) is 0 Å². The van der Waals surface area contributed by atoms with E-state index < -0.39 is 22.7 Å². The molecule has 1 aliphatic heterocycles. The van der Waals surface area contributed by atoms with Gasteiger partial charge in [0, 0.05) is 0 Å². The van der Waals surface area contributed by atoms with Gasteiger partial charge in [-0.2, -0.15) is 5.26 Å².